The molecule has 1 N–H and O–H groups in total. The van der Waals surface area contributed by atoms with Crippen LogP contribution in [0.15, 0.2) is 24.3 Å². The second kappa shape index (κ2) is 15.0. The van der Waals surface area contributed by atoms with Crippen molar-refractivity contribution in [1.82, 2.24) is 0 Å². The first-order chi connectivity index (χ1) is 29.7. The topological polar surface area (TPSA) is 71.4 Å². The van der Waals surface area contributed by atoms with Gasteiger partial charge in [-0.1, -0.05) is 93.5 Å². The molecule has 0 aromatic carbocycles. The number of hydrogen-bond donors (Lipinski definition) is 1. The van der Waals surface area contributed by atoms with Gasteiger partial charge in [-0.25, -0.2) is 0 Å². The van der Waals surface area contributed by atoms with Gasteiger partial charge < -0.3 is 9.90 Å². The van der Waals surface area contributed by atoms with Gasteiger partial charge in [-0.15, -0.1) is 0 Å². The first-order valence-electron chi connectivity index (χ1n) is 27.2. The maximum Gasteiger partial charge on any atom is 0.138 e. The van der Waals surface area contributed by atoms with E-state index < -0.39 is 0 Å². The summed E-state index contributed by atoms with van der Waals surface area (Å²) in [6, 6.07) is 0. The Hall–Kier alpha value is -1.55. The Morgan fingerprint density at radius 3 is 1.41 bits per heavy atom. The zero-order valence-corrected chi connectivity index (χ0v) is 43.3. The van der Waals surface area contributed by atoms with Gasteiger partial charge in [-0.3, -0.25) is 9.59 Å². The van der Waals surface area contributed by atoms with Crippen molar-refractivity contribution in [3.8, 4) is 0 Å². The predicted molar refractivity (Wildman–Crippen MR) is 261 cm³/mol. The molecule has 4 heteroatoms. The molecule has 8 unspecified atom stereocenters. The number of carbonyl (C=O) groups is 3. The van der Waals surface area contributed by atoms with Gasteiger partial charge in [-0.2, -0.15) is 0 Å². The van der Waals surface area contributed by atoms with E-state index in [1.807, 2.05) is 0 Å². The normalized spacial score (nSPS) is 54.1. The van der Waals surface area contributed by atoms with Crippen molar-refractivity contribution in [1.29, 1.82) is 0 Å². The predicted octanol–water partition coefficient (Wildman–Crippen LogP) is 14.6. The highest BCUT2D eigenvalue weighted by Gasteiger charge is 2.73. The summed E-state index contributed by atoms with van der Waals surface area (Å²) < 4.78 is 0. The number of aliphatic hydroxyl groups excluding tert-OH is 1. The van der Waals surface area contributed by atoms with Crippen molar-refractivity contribution >= 4 is 17.9 Å². The summed E-state index contributed by atoms with van der Waals surface area (Å²) >= 11 is 0. The van der Waals surface area contributed by atoms with Crippen LogP contribution in [-0.4, -0.2) is 29.6 Å². The van der Waals surface area contributed by atoms with Gasteiger partial charge in [0.05, 0.1) is 0 Å². The van der Waals surface area contributed by atoms with Crippen molar-refractivity contribution in [2.24, 2.45) is 113 Å². The standard InChI is InChI=1S/C30H48O2.C30H46O2/c2*1-19(2)20-10-15-30(18-31)17-16-28(6)21(25(20)30)8-9-23-27(5)13-12-24(32)26(3,4)22(27)11-14-29(23,28)7/h20-23,25,31H,1,8-18H2,2-7H3;18,20-23,25H,1,8-17H2,2-7H3/t20-,21?,22?,23?,25?,27-,28-,29+,30+;20-,21?,22?,23?,25?,27-,28+,29+,30+/m00/s1. The Labute approximate surface area is 391 Å². The van der Waals surface area contributed by atoms with E-state index in [4.69, 9.17) is 0 Å². The average molecular weight is 879 g/mol. The molecule has 0 amide bonds. The molecule has 0 aliphatic heterocycles. The number of aliphatic hydroxyl groups is 1. The number of aldehydes is 1. The monoisotopic (exact) mass is 879 g/mol. The molecule has 10 aliphatic rings. The van der Waals surface area contributed by atoms with Crippen LogP contribution in [0.4, 0.5) is 0 Å². The molecule has 10 saturated carbocycles. The number of Topliss-reactive ketones (excluding diaryl/α,β-unsaturated/α-hetero) is 2. The lowest BCUT2D eigenvalue weighted by atomic mass is 9.32. The number of fused-ring (bicyclic) bond motifs is 14. The van der Waals surface area contributed by atoms with E-state index >= 15 is 0 Å². The smallest absolute Gasteiger partial charge is 0.138 e. The lowest BCUT2D eigenvalue weighted by Gasteiger charge is -2.72. The minimum absolute atomic E-state index is 0.0999. The fourth-order valence-corrected chi connectivity index (χ4v) is 22.6. The van der Waals surface area contributed by atoms with Crippen molar-refractivity contribution in [3.63, 3.8) is 0 Å². The van der Waals surface area contributed by atoms with E-state index in [-0.39, 0.29) is 37.9 Å². The zero-order chi connectivity index (χ0) is 46.6. The number of ketones is 2. The largest absolute Gasteiger partial charge is 0.396 e. The molecule has 18 atom stereocenters. The van der Waals surface area contributed by atoms with E-state index in [1.54, 1.807) is 0 Å². The van der Waals surface area contributed by atoms with Crippen LogP contribution >= 0.6 is 0 Å². The van der Waals surface area contributed by atoms with Gasteiger partial charge >= 0.3 is 0 Å². The van der Waals surface area contributed by atoms with Gasteiger partial charge in [0.2, 0.25) is 0 Å². The van der Waals surface area contributed by atoms with Gasteiger partial charge in [0.15, 0.2) is 0 Å². The number of hydrogen-bond acceptors (Lipinski definition) is 4. The Kier molecular flexibility index (Phi) is 11.1. The average Bonchev–Trinajstić information content (AvgIpc) is 3.83. The summed E-state index contributed by atoms with van der Waals surface area (Å²) in [5.74, 6) is 6.98. The van der Waals surface area contributed by atoms with E-state index in [9.17, 15) is 19.5 Å². The summed E-state index contributed by atoms with van der Waals surface area (Å²) in [6.45, 7) is 38.3. The first-order valence-corrected chi connectivity index (χ1v) is 27.2. The molecule has 0 heterocycles. The second-order valence-electron chi connectivity index (χ2n) is 28.5. The molecule has 0 saturated heterocycles. The number of allylic oxidation sites excluding steroid dienone is 2. The minimum atomic E-state index is -0.179. The lowest BCUT2D eigenvalue weighted by molar-refractivity contribution is -0.236. The molecule has 64 heavy (non-hydrogen) atoms. The van der Waals surface area contributed by atoms with Gasteiger partial charge in [0.25, 0.3) is 0 Å². The van der Waals surface area contributed by atoms with Crippen LogP contribution in [0.5, 0.6) is 0 Å². The zero-order valence-electron chi connectivity index (χ0n) is 43.3. The molecule has 10 rings (SSSR count). The summed E-state index contributed by atoms with van der Waals surface area (Å²) in [4.78, 5) is 38.4. The highest BCUT2D eigenvalue weighted by molar-refractivity contribution is 5.86. The fraction of sp³-hybridized carbons (Fsp3) is 0.883. The minimum Gasteiger partial charge on any atom is -0.396 e. The highest BCUT2D eigenvalue weighted by Crippen LogP contribution is 2.79. The van der Waals surface area contributed by atoms with Crippen LogP contribution in [0.25, 0.3) is 0 Å². The third-order valence-electron chi connectivity index (χ3n) is 26.4. The first kappa shape index (κ1) is 47.5. The Balaban J connectivity index is 0.000000162. The highest BCUT2D eigenvalue weighted by atomic mass is 16.3. The molecular weight excluding hydrogens is 785 g/mol. The van der Waals surface area contributed by atoms with Crippen LogP contribution < -0.4 is 0 Å². The van der Waals surface area contributed by atoms with Crippen molar-refractivity contribution < 1.29 is 19.5 Å². The molecule has 4 nitrogen and oxygen atoms in total. The van der Waals surface area contributed by atoms with Crippen LogP contribution in [0.3, 0.4) is 0 Å². The summed E-state index contributed by atoms with van der Waals surface area (Å²) in [5, 5.41) is 10.6. The summed E-state index contributed by atoms with van der Waals surface area (Å²) in [7, 11) is 0. The van der Waals surface area contributed by atoms with Crippen LogP contribution in [0.1, 0.15) is 212 Å². The SMILES string of the molecule is C=C(C)[C@@H]1CC[C@]2(C=O)CC[C@]3(C)C(CCC4[C@@]5(C)CCC(=O)C(C)(C)C5CC[C@]43C)C12.C=C(C)[C@@H]1CC[C@]2(CO)CC[C@@]3(C)C(CCC4[C@@]5(C)CCC(=O)C(C)(C)C5CC[C@]43C)C12. The van der Waals surface area contributed by atoms with Crippen molar-refractivity contribution in [2.75, 3.05) is 6.61 Å². The molecular formula is C60H94O4. The Morgan fingerprint density at radius 2 is 0.953 bits per heavy atom. The third-order valence-corrected chi connectivity index (χ3v) is 26.4. The van der Waals surface area contributed by atoms with Gasteiger partial charge in [0, 0.05) is 35.7 Å². The molecule has 0 spiro atoms. The Bertz CT molecular complexity index is 1960. The maximum absolute atomic E-state index is 12.9. The molecule has 10 fully saturated rings. The van der Waals surface area contributed by atoms with Crippen LogP contribution in [0.2, 0.25) is 0 Å². The van der Waals surface area contributed by atoms with Gasteiger partial charge in [0.1, 0.15) is 17.9 Å². The molecule has 0 aromatic rings. The van der Waals surface area contributed by atoms with Gasteiger partial charge in [-0.05, 0) is 227 Å². The maximum atomic E-state index is 12.9. The third kappa shape index (κ3) is 5.89. The summed E-state index contributed by atoms with van der Waals surface area (Å²) in [5.41, 5.74) is 4.15. The Morgan fingerprint density at radius 1 is 0.516 bits per heavy atom. The van der Waals surface area contributed by atoms with Crippen molar-refractivity contribution in [2.45, 2.75) is 212 Å². The fourth-order valence-electron chi connectivity index (χ4n) is 22.6. The number of rotatable bonds is 4. The summed E-state index contributed by atoms with van der Waals surface area (Å²) in [6.07, 6.45) is 24.6. The van der Waals surface area contributed by atoms with Crippen LogP contribution in [-0.2, 0) is 14.4 Å². The van der Waals surface area contributed by atoms with E-state index in [1.165, 1.54) is 101 Å². The number of carbonyl (C=O) groups excluding carboxylic acids is 3. The van der Waals surface area contributed by atoms with E-state index in [2.05, 4.69) is 96.2 Å². The van der Waals surface area contributed by atoms with Crippen molar-refractivity contribution in [3.05, 3.63) is 24.3 Å². The molecule has 0 aromatic heterocycles. The molecule has 0 bridgehead atoms. The molecule has 0 radical (unpaired) electrons. The van der Waals surface area contributed by atoms with E-state index in [0.29, 0.717) is 93.6 Å². The molecule has 10 aliphatic carbocycles. The quantitative estimate of drug-likeness (QED) is 0.226. The lowest BCUT2D eigenvalue weighted by Crippen LogP contribution is -2.66. The van der Waals surface area contributed by atoms with Crippen LogP contribution in [0, 0.1) is 113 Å². The second-order valence-corrected chi connectivity index (χ2v) is 28.5. The van der Waals surface area contributed by atoms with E-state index in [0.717, 1.165) is 44.9 Å². The molecule has 358 valence electrons.